The molecule has 2 aromatic rings. The van der Waals surface area contributed by atoms with Gasteiger partial charge in [-0.15, -0.1) is 0 Å². The van der Waals surface area contributed by atoms with E-state index in [1.54, 1.807) is 6.07 Å². The van der Waals surface area contributed by atoms with Crippen molar-refractivity contribution in [2.75, 3.05) is 6.61 Å². The van der Waals surface area contributed by atoms with E-state index in [9.17, 15) is 22.8 Å². The van der Waals surface area contributed by atoms with Crippen molar-refractivity contribution in [1.82, 2.24) is 0 Å². The van der Waals surface area contributed by atoms with Crippen molar-refractivity contribution < 1.29 is 32.2 Å². The quantitative estimate of drug-likeness (QED) is 0.214. The molecule has 2 rings (SSSR count). The van der Waals surface area contributed by atoms with Crippen molar-refractivity contribution >= 4 is 11.9 Å². The molecule has 0 aliphatic rings. The molecule has 0 unspecified atom stereocenters. The van der Waals surface area contributed by atoms with Crippen LogP contribution in [0.25, 0.3) is 0 Å². The second-order valence-corrected chi connectivity index (χ2v) is 6.52. The molecule has 7 heteroatoms. The first-order valence-electron chi connectivity index (χ1n) is 9.57. The van der Waals surface area contributed by atoms with Gasteiger partial charge in [-0.3, -0.25) is 0 Å². The summed E-state index contributed by atoms with van der Waals surface area (Å²) in [6.07, 6.45) is 5.73. The lowest BCUT2D eigenvalue weighted by atomic mass is 10.1. The largest absolute Gasteiger partial charge is 0.462 e. The van der Waals surface area contributed by atoms with Gasteiger partial charge in [-0.2, -0.15) is 4.39 Å². The Hall–Kier alpha value is -2.83. The summed E-state index contributed by atoms with van der Waals surface area (Å²) in [7, 11) is 0. The van der Waals surface area contributed by atoms with Crippen LogP contribution in [0, 0.1) is 17.5 Å². The Morgan fingerprint density at radius 2 is 1.52 bits per heavy atom. The minimum atomic E-state index is -1.76. The van der Waals surface area contributed by atoms with Gasteiger partial charge < -0.3 is 9.47 Å². The molecular formula is C22H23F3O4. The molecule has 0 amide bonds. The SMILES string of the molecule is CCCCCCCCOC(=O)c1cc(F)c(OC(=O)c2ccccc2)c(F)c1F. The molecule has 0 saturated heterocycles. The van der Waals surface area contributed by atoms with Crippen LogP contribution in [0.1, 0.15) is 66.2 Å². The van der Waals surface area contributed by atoms with E-state index in [1.165, 1.54) is 24.3 Å². The van der Waals surface area contributed by atoms with Crippen LogP contribution in [0.5, 0.6) is 5.75 Å². The molecule has 0 aliphatic heterocycles. The number of halogens is 3. The van der Waals surface area contributed by atoms with Crippen molar-refractivity contribution in [3.8, 4) is 5.75 Å². The lowest BCUT2D eigenvalue weighted by Crippen LogP contribution is -2.15. The Morgan fingerprint density at radius 3 is 2.21 bits per heavy atom. The van der Waals surface area contributed by atoms with E-state index in [4.69, 9.17) is 4.74 Å². The summed E-state index contributed by atoms with van der Waals surface area (Å²) in [5, 5.41) is 0. The van der Waals surface area contributed by atoms with Gasteiger partial charge in [0.05, 0.1) is 12.2 Å². The van der Waals surface area contributed by atoms with Gasteiger partial charge >= 0.3 is 11.9 Å². The van der Waals surface area contributed by atoms with Gasteiger partial charge in [-0.25, -0.2) is 18.4 Å². The average molecular weight is 408 g/mol. The van der Waals surface area contributed by atoms with Crippen LogP contribution in [0.2, 0.25) is 0 Å². The fraction of sp³-hybridized carbons (Fsp3) is 0.364. The second-order valence-electron chi connectivity index (χ2n) is 6.52. The zero-order valence-corrected chi connectivity index (χ0v) is 16.2. The van der Waals surface area contributed by atoms with E-state index in [0.717, 1.165) is 32.1 Å². The van der Waals surface area contributed by atoms with Crippen LogP contribution in [0.3, 0.4) is 0 Å². The highest BCUT2D eigenvalue weighted by atomic mass is 19.2. The number of unbranched alkanes of at least 4 members (excludes halogenated alkanes) is 5. The van der Waals surface area contributed by atoms with E-state index < -0.39 is 40.7 Å². The Morgan fingerprint density at radius 1 is 0.862 bits per heavy atom. The Labute approximate surface area is 167 Å². The topological polar surface area (TPSA) is 52.6 Å². The van der Waals surface area contributed by atoms with Gasteiger partial charge in [0.2, 0.25) is 11.6 Å². The third-order valence-corrected chi connectivity index (χ3v) is 4.27. The Bertz CT molecular complexity index is 838. The summed E-state index contributed by atoms with van der Waals surface area (Å²) in [4.78, 5) is 23.9. The fourth-order valence-electron chi connectivity index (χ4n) is 2.67. The monoisotopic (exact) mass is 408 g/mol. The zero-order valence-electron chi connectivity index (χ0n) is 16.2. The van der Waals surface area contributed by atoms with Gasteiger partial charge in [-0.05, 0) is 24.6 Å². The number of rotatable bonds is 10. The predicted octanol–water partition coefficient (Wildman–Crippen LogP) is 5.84. The smallest absolute Gasteiger partial charge is 0.343 e. The van der Waals surface area contributed by atoms with E-state index in [-0.39, 0.29) is 12.2 Å². The molecule has 0 heterocycles. The normalized spacial score (nSPS) is 10.6. The van der Waals surface area contributed by atoms with Crippen molar-refractivity contribution in [3.05, 3.63) is 65.0 Å². The number of ether oxygens (including phenoxy) is 2. The summed E-state index contributed by atoms with van der Waals surface area (Å²) >= 11 is 0. The number of hydrogen-bond donors (Lipinski definition) is 0. The molecule has 0 fully saturated rings. The van der Waals surface area contributed by atoms with E-state index in [1.807, 2.05) is 0 Å². The third-order valence-electron chi connectivity index (χ3n) is 4.27. The molecule has 156 valence electrons. The highest BCUT2D eigenvalue weighted by molar-refractivity contribution is 5.92. The van der Waals surface area contributed by atoms with Gasteiger partial charge in [-0.1, -0.05) is 57.2 Å². The van der Waals surface area contributed by atoms with Gasteiger partial charge in [0.15, 0.2) is 11.6 Å². The molecule has 0 bridgehead atoms. The first-order valence-corrected chi connectivity index (χ1v) is 9.57. The van der Waals surface area contributed by atoms with Crippen LogP contribution < -0.4 is 4.74 Å². The lowest BCUT2D eigenvalue weighted by molar-refractivity contribution is 0.0490. The van der Waals surface area contributed by atoms with Gasteiger partial charge in [0.1, 0.15) is 5.56 Å². The number of hydrogen-bond acceptors (Lipinski definition) is 4. The van der Waals surface area contributed by atoms with Crippen molar-refractivity contribution in [2.45, 2.75) is 45.4 Å². The minimum Gasteiger partial charge on any atom is -0.462 e. The van der Waals surface area contributed by atoms with E-state index in [2.05, 4.69) is 11.7 Å². The summed E-state index contributed by atoms with van der Waals surface area (Å²) in [5.41, 5.74) is -0.848. The number of benzene rings is 2. The van der Waals surface area contributed by atoms with Crippen LogP contribution >= 0.6 is 0 Å². The average Bonchev–Trinajstić information content (AvgIpc) is 2.73. The molecule has 0 spiro atoms. The molecule has 0 saturated carbocycles. The van der Waals surface area contributed by atoms with Crippen LogP contribution in [0.15, 0.2) is 36.4 Å². The van der Waals surface area contributed by atoms with Crippen molar-refractivity contribution in [1.29, 1.82) is 0 Å². The van der Waals surface area contributed by atoms with Crippen molar-refractivity contribution in [3.63, 3.8) is 0 Å². The van der Waals surface area contributed by atoms with Crippen LogP contribution in [-0.2, 0) is 4.74 Å². The zero-order chi connectivity index (χ0) is 21.2. The van der Waals surface area contributed by atoms with E-state index in [0.29, 0.717) is 12.5 Å². The maximum atomic E-state index is 14.2. The summed E-state index contributed by atoms with van der Waals surface area (Å²) < 4.78 is 52.2. The molecule has 0 aliphatic carbocycles. The maximum Gasteiger partial charge on any atom is 0.343 e. The molecule has 0 atom stereocenters. The van der Waals surface area contributed by atoms with Gasteiger partial charge in [0.25, 0.3) is 0 Å². The molecule has 2 aromatic carbocycles. The first-order chi connectivity index (χ1) is 14.0. The van der Waals surface area contributed by atoms with Crippen LogP contribution in [0.4, 0.5) is 13.2 Å². The fourth-order valence-corrected chi connectivity index (χ4v) is 2.67. The Kier molecular flexibility index (Phi) is 8.70. The molecule has 0 N–H and O–H groups in total. The standard InChI is InChI=1S/C22H23F3O4/c1-2-3-4-5-6-10-13-28-22(27)16-14-17(23)20(19(25)18(16)24)29-21(26)15-11-8-7-9-12-15/h7-9,11-12,14H,2-6,10,13H2,1H3. The first kappa shape index (κ1) is 22.5. The van der Waals surface area contributed by atoms with Crippen molar-refractivity contribution in [2.24, 2.45) is 0 Å². The maximum absolute atomic E-state index is 14.2. The third kappa shape index (κ3) is 6.34. The highest BCUT2D eigenvalue weighted by Crippen LogP contribution is 2.28. The van der Waals surface area contributed by atoms with Gasteiger partial charge in [0, 0.05) is 0 Å². The molecule has 29 heavy (non-hydrogen) atoms. The molecular weight excluding hydrogens is 385 g/mol. The predicted molar refractivity (Wildman–Crippen MR) is 101 cm³/mol. The molecule has 0 radical (unpaired) electrons. The number of carbonyl (C=O) groups is 2. The second kappa shape index (κ2) is 11.2. The summed E-state index contributed by atoms with van der Waals surface area (Å²) in [6.45, 7) is 2.13. The Balaban J connectivity index is 2.00. The summed E-state index contributed by atoms with van der Waals surface area (Å²) in [6, 6.07) is 7.93. The number of esters is 2. The number of carbonyl (C=O) groups excluding carboxylic acids is 2. The summed E-state index contributed by atoms with van der Waals surface area (Å²) in [5.74, 6) is -8.20. The van der Waals surface area contributed by atoms with E-state index >= 15 is 0 Å². The molecule has 0 aromatic heterocycles. The molecule has 4 nitrogen and oxygen atoms in total. The van der Waals surface area contributed by atoms with Crippen LogP contribution in [-0.4, -0.2) is 18.5 Å². The highest BCUT2D eigenvalue weighted by Gasteiger charge is 2.26. The lowest BCUT2D eigenvalue weighted by Gasteiger charge is -2.10. The minimum absolute atomic E-state index is 0.0262.